The first-order valence-electron chi connectivity index (χ1n) is 8.95. The zero-order chi connectivity index (χ0) is 18.0. The molecule has 2 saturated heterocycles. The summed E-state index contributed by atoms with van der Waals surface area (Å²) >= 11 is 0. The zero-order valence-corrected chi connectivity index (χ0v) is 15.3. The molecule has 0 saturated carbocycles. The Morgan fingerprint density at radius 3 is 2.80 bits per heavy atom. The van der Waals surface area contributed by atoms with Gasteiger partial charge in [0, 0.05) is 38.9 Å². The van der Waals surface area contributed by atoms with Crippen LogP contribution in [0.3, 0.4) is 0 Å². The lowest BCUT2D eigenvalue weighted by molar-refractivity contribution is -0.146. The number of ether oxygens (including phenoxy) is 1. The molecule has 2 aliphatic rings. The minimum Gasteiger partial charge on any atom is -0.383 e. The first-order chi connectivity index (χ1) is 12.0. The van der Waals surface area contributed by atoms with E-state index in [4.69, 9.17) is 9.26 Å². The van der Waals surface area contributed by atoms with Crippen molar-refractivity contribution in [2.24, 2.45) is 5.41 Å². The van der Waals surface area contributed by atoms with Crippen molar-refractivity contribution in [1.29, 1.82) is 0 Å². The van der Waals surface area contributed by atoms with Crippen molar-refractivity contribution in [1.82, 2.24) is 15.0 Å². The van der Waals surface area contributed by atoms with Crippen molar-refractivity contribution in [3.05, 3.63) is 17.0 Å². The lowest BCUT2D eigenvalue weighted by atomic mass is 9.78. The summed E-state index contributed by atoms with van der Waals surface area (Å²) < 4.78 is 10.3. The summed E-state index contributed by atoms with van der Waals surface area (Å²) in [5.74, 6) is 0.927. The lowest BCUT2D eigenvalue weighted by Crippen LogP contribution is -2.51. The molecular formula is C18H27N3O4. The van der Waals surface area contributed by atoms with E-state index in [-0.39, 0.29) is 11.8 Å². The molecule has 3 rings (SSSR count). The third-order valence-corrected chi connectivity index (χ3v) is 5.61. The van der Waals surface area contributed by atoms with Crippen molar-refractivity contribution in [2.75, 3.05) is 39.9 Å². The molecule has 2 amide bonds. The highest BCUT2D eigenvalue weighted by Gasteiger charge is 2.49. The van der Waals surface area contributed by atoms with E-state index in [1.807, 2.05) is 23.6 Å². The van der Waals surface area contributed by atoms with E-state index >= 15 is 0 Å². The molecule has 0 unspecified atom stereocenters. The molecule has 1 spiro atoms. The Hall–Kier alpha value is -1.89. The van der Waals surface area contributed by atoms with Gasteiger partial charge < -0.3 is 19.1 Å². The number of carbonyl (C=O) groups excluding carboxylic acids is 2. The van der Waals surface area contributed by atoms with Crippen LogP contribution in [0.15, 0.2) is 4.52 Å². The Kier molecular flexibility index (Phi) is 5.13. The van der Waals surface area contributed by atoms with Gasteiger partial charge in [-0.3, -0.25) is 9.59 Å². The first-order valence-corrected chi connectivity index (χ1v) is 8.95. The predicted octanol–water partition coefficient (Wildman–Crippen LogP) is 1.32. The number of methoxy groups -OCH3 is 1. The maximum atomic E-state index is 13.0. The van der Waals surface area contributed by atoms with Gasteiger partial charge in [-0.1, -0.05) is 5.16 Å². The zero-order valence-electron chi connectivity index (χ0n) is 15.3. The number of likely N-dealkylation sites (tertiary alicyclic amines) is 2. The minimum absolute atomic E-state index is 0.0492. The average Bonchev–Trinajstić information content (AvgIpc) is 3.16. The van der Waals surface area contributed by atoms with Crippen molar-refractivity contribution in [3.8, 4) is 0 Å². The molecule has 0 aromatic carbocycles. The van der Waals surface area contributed by atoms with Gasteiger partial charge in [-0.25, -0.2) is 0 Å². The van der Waals surface area contributed by atoms with Crippen LogP contribution in [-0.2, 0) is 20.7 Å². The van der Waals surface area contributed by atoms with E-state index < -0.39 is 5.41 Å². The minimum atomic E-state index is -0.402. The number of nitrogens with zero attached hydrogens (tertiary/aromatic N) is 3. The van der Waals surface area contributed by atoms with E-state index in [0.717, 1.165) is 37.1 Å². The Morgan fingerprint density at radius 2 is 2.12 bits per heavy atom. The highest BCUT2D eigenvalue weighted by molar-refractivity contribution is 5.86. The monoisotopic (exact) mass is 349 g/mol. The number of piperidine rings is 1. The van der Waals surface area contributed by atoms with Crippen LogP contribution in [-0.4, -0.2) is 66.7 Å². The number of hydrogen-bond acceptors (Lipinski definition) is 5. The molecule has 1 atom stereocenters. The molecule has 0 N–H and O–H groups in total. The number of aromatic nitrogens is 1. The van der Waals surface area contributed by atoms with Crippen LogP contribution in [0, 0.1) is 19.3 Å². The molecule has 2 aliphatic heterocycles. The van der Waals surface area contributed by atoms with Crippen LogP contribution < -0.4 is 0 Å². The fourth-order valence-electron chi connectivity index (χ4n) is 4.05. The van der Waals surface area contributed by atoms with Gasteiger partial charge in [-0.15, -0.1) is 0 Å². The standard InChI is InChI=1S/C18H27N3O4/c1-13-15(14(2)25-19-13)11-16(22)21-8-6-18(12-21)5-4-7-20(17(18)23)9-10-24-3/h4-12H2,1-3H3/t18-/m1/s1. The molecule has 0 aliphatic carbocycles. The van der Waals surface area contributed by atoms with Crippen LogP contribution in [0.4, 0.5) is 0 Å². The molecule has 1 aromatic heterocycles. The van der Waals surface area contributed by atoms with Crippen LogP contribution in [0.25, 0.3) is 0 Å². The second-order valence-electron chi connectivity index (χ2n) is 7.21. The predicted molar refractivity (Wildman–Crippen MR) is 91.0 cm³/mol. The van der Waals surface area contributed by atoms with Gasteiger partial charge in [0.05, 0.1) is 24.1 Å². The van der Waals surface area contributed by atoms with Crippen LogP contribution in [0.5, 0.6) is 0 Å². The molecule has 1 aromatic rings. The van der Waals surface area contributed by atoms with Crippen LogP contribution in [0.2, 0.25) is 0 Å². The fraction of sp³-hybridized carbons (Fsp3) is 0.722. The van der Waals surface area contributed by atoms with Gasteiger partial charge in [0.25, 0.3) is 0 Å². The maximum Gasteiger partial charge on any atom is 0.230 e. The van der Waals surface area contributed by atoms with Crippen LogP contribution >= 0.6 is 0 Å². The Morgan fingerprint density at radius 1 is 1.32 bits per heavy atom. The van der Waals surface area contributed by atoms with Crippen molar-refractivity contribution in [3.63, 3.8) is 0 Å². The van der Waals surface area contributed by atoms with Crippen molar-refractivity contribution >= 4 is 11.8 Å². The first kappa shape index (κ1) is 17.9. The maximum absolute atomic E-state index is 13.0. The summed E-state index contributed by atoms with van der Waals surface area (Å²) in [6.07, 6.45) is 2.90. The second kappa shape index (κ2) is 7.15. The Balaban J connectivity index is 1.66. The van der Waals surface area contributed by atoms with Gasteiger partial charge in [0.1, 0.15) is 5.76 Å². The van der Waals surface area contributed by atoms with E-state index in [1.165, 1.54) is 0 Å². The summed E-state index contributed by atoms with van der Waals surface area (Å²) in [6, 6.07) is 0. The molecule has 0 radical (unpaired) electrons. The van der Waals surface area contributed by atoms with Gasteiger partial charge in [0.15, 0.2) is 0 Å². The third-order valence-electron chi connectivity index (χ3n) is 5.61. The number of carbonyl (C=O) groups is 2. The van der Waals surface area contributed by atoms with Crippen molar-refractivity contribution in [2.45, 2.75) is 39.5 Å². The number of amides is 2. The fourth-order valence-corrected chi connectivity index (χ4v) is 4.05. The van der Waals surface area contributed by atoms with Gasteiger partial charge in [0.2, 0.25) is 11.8 Å². The third kappa shape index (κ3) is 3.42. The molecule has 25 heavy (non-hydrogen) atoms. The summed E-state index contributed by atoms with van der Waals surface area (Å²) in [6.45, 7) is 6.82. The van der Waals surface area contributed by atoms with Gasteiger partial charge in [-0.2, -0.15) is 0 Å². The summed E-state index contributed by atoms with van der Waals surface area (Å²) in [7, 11) is 1.65. The lowest BCUT2D eigenvalue weighted by Gasteiger charge is -2.39. The summed E-state index contributed by atoms with van der Waals surface area (Å²) in [5.41, 5.74) is 1.22. The number of hydrogen-bond donors (Lipinski definition) is 0. The van der Waals surface area contributed by atoms with E-state index in [2.05, 4.69) is 5.16 Å². The number of aryl methyl sites for hydroxylation is 2. The SMILES string of the molecule is COCCN1CCC[C@]2(CCN(C(=O)Cc3c(C)noc3C)C2)C1=O. The van der Waals surface area contributed by atoms with Crippen molar-refractivity contribution < 1.29 is 18.8 Å². The molecular weight excluding hydrogens is 322 g/mol. The molecule has 7 heteroatoms. The quantitative estimate of drug-likeness (QED) is 0.801. The Labute approximate surface area is 148 Å². The largest absolute Gasteiger partial charge is 0.383 e. The van der Waals surface area contributed by atoms with E-state index in [1.54, 1.807) is 7.11 Å². The molecule has 138 valence electrons. The normalized spacial score (nSPS) is 23.7. The summed E-state index contributed by atoms with van der Waals surface area (Å²) in [5, 5.41) is 3.91. The Bertz CT molecular complexity index is 637. The topological polar surface area (TPSA) is 75.9 Å². The second-order valence-corrected chi connectivity index (χ2v) is 7.21. The molecule has 7 nitrogen and oxygen atoms in total. The number of rotatable bonds is 5. The van der Waals surface area contributed by atoms with Gasteiger partial charge in [-0.05, 0) is 33.1 Å². The smallest absolute Gasteiger partial charge is 0.230 e. The highest BCUT2D eigenvalue weighted by atomic mass is 16.5. The molecule has 3 heterocycles. The molecule has 2 fully saturated rings. The molecule has 0 bridgehead atoms. The average molecular weight is 349 g/mol. The van der Waals surface area contributed by atoms with Gasteiger partial charge >= 0.3 is 0 Å². The van der Waals surface area contributed by atoms with E-state index in [9.17, 15) is 9.59 Å². The van der Waals surface area contributed by atoms with Crippen LogP contribution in [0.1, 0.15) is 36.3 Å². The highest BCUT2D eigenvalue weighted by Crippen LogP contribution is 2.40. The van der Waals surface area contributed by atoms with E-state index in [0.29, 0.717) is 38.4 Å². The summed E-state index contributed by atoms with van der Waals surface area (Å²) in [4.78, 5) is 29.4.